The van der Waals surface area contributed by atoms with E-state index in [0.29, 0.717) is 0 Å². The van der Waals surface area contributed by atoms with Crippen molar-refractivity contribution >= 4 is 29.2 Å². The van der Waals surface area contributed by atoms with Crippen LogP contribution in [-0.4, -0.2) is 22.1 Å². The molecule has 2 rings (SSSR count). The zero-order chi connectivity index (χ0) is 14.0. The van der Waals surface area contributed by atoms with Crippen LogP contribution in [0.1, 0.15) is 21.0 Å². The number of rotatable bonds is 3. The first-order chi connectivity index (χ1) is 8.97. The number of benzene rings is 1. The van der Waals surface area contributed by atoms with Crippen LogP contribution < -0.4 is 5.32 Å². The summed E-state index contributed by atoms with van der Waals surface area (Å²) in [6.45, 7) is 0. The molecule has 19 heavy (non-hydrogen) atoms. The van der Waals surface area contributed by atoms with Crippen molar-refractivity contribution in [1.82, 2.24) is 5.16 Å². The van der Waals surface area contributed by atoms with Gasteiger partial charge in [-0.05, 0) is 18.2 Å². The Labute approximate surface area is 110 Å². The Morgan fingerprint density at radius 2 is 2.11 bits per heavy atom. The summed E-state index contributed by atoms with van der Waals surface area (Å²) in [4.78, 5) is 22.3. The first-order valence-corrected chi connectivity index (χ1v) is 5.31. The second kappa shape index (κ2) is 5.07. The molecule has 2 N–H and O–H groups in total. The molecule has 0 spiro atoms. The highest BCUT2D eigenvalue weighted by Gasteiger charge is 2.17. The van der Waals surface area contributed by atoms with Gasteiger partial charge in [0.15, 0.2) is 5.69 Å². The number of anilines is 1. The van der Waals surface area contributed by atoms with Crippen molar-refractivity contribution in [3.05, 3.63) is 46.6 Å². The summed E-state index contributed by atoms with van der Waals surface area (Å²) in [7, 11) is 0. The molecule has 6 nitrogen and oxygen atoms in total. The lowest BCUT2D eigenvalue weighted by atomic mass is 10.3. The van der Waals surface area contributed by atoms with E-state index in [1.54, 1.807) is 0 Å². The second-order valence-electron chi connectivity index (χ2n) is 3.46. The van der Waals surface area contributed by atoms with E-state index >= 15 is 0 Å². The van der Waals surface area contributed by atoms with Crippen molar-refractivity contribution in [3.63, 3.8) is 0 Å². The molecule has 0 saturated carbocycles. The Kier molecular flexibility index (Phi) is 3.48. The van der Waals surface area contributed by atoms with Gasteiger partial charge in [-0.1, -0.05) is 16.8 Å². The van der Waals surface area contributed by atoms with Gasteiger partial charge in [0.2, 0.25) is 5.76 Å². The maximum absolute atomic E-state index is 13.0. The molecule has 0 aliphatic rings. The molecular formula is C11H6ClFN2O4. The number of halogens is 2. The fraction of sp³-hybridized carbons (Fsp3) is 0. The summed E-state index contributed by atoms with van der Waals surface area (Å²) in [5, 5.41) is 14.3. The smallest absolute Gasteiger partial charge is 0.374 e. The molecule has 0 atom stereocenters. The number of aromatic nitrogens is 1. The van der Waals surface area contributed by atoms with Gasteiger partial charge in [0.05, 0.1) is 10.7 Å². The molecule has 0 unspecified atom stereocenters. The minimum absolute atomic E-state index is 0.0477. The maximum Gasteiger partial charge on any atom is 0.374 e. The summed E-state index contributed by atoms with van der Waals surface area (Å²) in [6.07, 6.45) is 0. The highest BCUT2D eigenvalue weighted by atomic mass is 35.5. The summed E-state index contributed by atoms with van der Waals surface area (Å²) < 4.78 is 17.4. The van der Waals surface area contributed by atoms with E-state index in [2.05, 4.69) is 15.0 Å². The molecule has 0 radical (unpaired) electrons. The topological polar surface area (TPSA) is 92.4 Å². The van der Waals surface area contributed by atoms with E-state index in [1.165, 1.54) is 6.07 Å². The number of carbonyl (C=O) groups is 2. The predicted molar refractivity (Wildman–Crippen MR) is 62.8 cm³/mol. The molecule has 0 fully saturated rings. The van der Waals surface area contributed by atoms with E-state index < -0.39 is 23.5 Å². The number of carboxylic acid groups (broad SMARTS) is 1. The van der Waals surface area contributed by atoms with E-state index in [4.69, 9.17) is 16.7 Å². The quantitative estimate of drug-likeness (QED) is 0.903. The number of amides is 1. The number of nitrogens with zero attached hydrogens (tertiary/aromatic N) is 1. The predicted octanol–water partition coefficient (Wildman–Crippen LogP) is 2.42. The molecule has 0 aliphatic carbocycles. The van der Waals surface area contributed by atoms with E-state index in [1.807, 2.05) is 0 Å². The molecular weight excluding hydrogens is 279 g/mol. The Morgan fingerprint density at radius 1 is 1.37 bits per heavy atom. The highest BCUT2D eigenvalue weighted by Crippen LogP contribution is 2.23. The maximum atomic E-state index is 13.0. The summed E-state index contributed by atoms with van der Waals surface area (Å²) in [6, 6.07) is 4.39. The van der Waals surface area contributed by atoms with Crippen LogP contribution >= 0.6 is 11.6 Å². The van der Waals surface area contributed by atoms with Gasteiger partial charge >= 0.3 is 5.97 Å². The number of hydrogen-bond donors (Lipinski definition) is 2. The van der Waals surface area contributed by atoms with Crippen LogP contribution in [0.5, 0.6) is 0 Å². The SMILES string of the molecule is O=C(Nc1cc(F)ccc1Cl)c1cc(C(=O)O)on1. The van der Waals surface area contributed by atoms with Crippen molar-refractivity contribution in [2.75, 3.05) is 5.32 Å². The monoisotopic (exact) mass is 284 g/mol. The Bertz CT molecular complexity index is 656. The molecule has 0 bridgehead atoms. The van der Waals surface area contributed by atoms with Crippen molar-refractivity contribution < 1.29 is 23.6 Å². The first-order valence-electron chi connectivity index (χ1n) is 4.94. The molecule has 98 valence electrons. The van der Waals surface area contributed by atoms with Gasteiger partial charge in [-0.3, -0.25) is 4.79 Å². The minimum atomic E-state index is -1.35. The van der Waals surface area contributed by atoms with Gasteiger partial charge in [-0.2, -0.15) is 0 Å². The molecule has 1 aromatic carbocycles. The minimum Gasteiger partial charge on any atom is -0.475 e. The van der Waals surface area contributed by atoms with Crippen LogP contribution in [0.25, 0.3) is 0 Å². The fourth-order valence-electron chi connectivity index (χ4n) is 1.26. The average Bonchev–Trinajstić information content (AvgIpc) is 2.83. The second-order valence-corrected chi connectivity index (χ2v) is 3.87. The van der Waals surface area contributed by atoms with Gasteiger partial charge in [0, 0.05) is 6.07 Å². The number of hydrogen-bond acceptors (Lipinski definition) is 4. The summed E-state index contributed by atoms with van der Waals surface area (Å²) >= 11 is 5.76. The van der Waals surface area contributed by atoms with Gasteiger partial charge < -0.3 is 14.9 Å². The lowest BCUT2D eigenvalue weighted by molar-refractivity contribution is 0.0651. The molecule has 0 saturated heterocycles. The van der Waals surface area contributed by atoms with Gasteiger partial charge in [0.1, 0.15) is 5.82 Å². The third-order valence-electron chi connectivity index (χ3n) is 2.13. The Hall–Kier alpha value is -2.41. The normalized spacial score (nSPS) is 10.2. The molecule has 8 heteroatoms. The fourth-order valence-corrected chi connectivity index (χ4v) is 1.43. The van der Waals surface area contributed by atoms with Crippen molar-refractivity contribution in [2.45, 2.75) is 0 Å². The molecule has 1 aromatic heterocycles. The van der Waals surface area contributed by atoms with Crippen molar-refractivity contribution in [2.24, 2.45) is 0 Å². The third kappa shape index (κ3) is 2.89. The standard InChI is InChI=1S/C11H6ClFN2O4/c12-6-2-1-5(13)3-7(6)14-10(16)8-4-9(11(17)18)19-15-8/h1-4H,(H,14,16)(H,17,18). The highest BCUT2D eigenvalue weighted by molar-refractivity contribution is 6.33. The summed E-state index contributed by atoms with van der Waals surface area (Å²) in [5.74, 6) is -3.17. The van der Waals surface area contributed by atoms with E-state index in [0.717, 1.165) is 18.2 Å². The number of carboxylic acids is 1. The largest absolute Gasteiger partial charge is 0.475 e. The van der Waals surface area contributed by atoms with Crippen LogP contribution in [0.15, 0.2) is 28.8 Å². The van der Waals surface area contributed by atoms with Gasteiger partial charge in [-0.15, -0.1) is 0 Å². The van der Waals surface area contributed by atoms with Gasteiger partial charge in [0.25, 0.3) is 5.91 Å². The van der Waals surface area contributed by atoms with Crippen LogP contribution in [0, 0.1) is 5.82 Å². The molecule has 0 aliphatic heterocycles. The van der Waals surface area contributed by atoms with Crippen molar-refractivity contribution in [1.29, 1.82) is 0 Å². The number of nitrogens with one attached hydrogen (secondary N) is 1. The molecule has 1 heterocycles. The average molecular weight is 285 g/mol. The molecule has 2 aromatic rings. The zero-order valence-electron chi connectivity index (χ0n) is 9.18. The van der Waals surface area contributed by atoms with Crippen LogP contribution in [0.2, 0.25) is 5.02 Å². The molecule has 1 amide bonds. The number of carbonyl (C=O) groups excluding carboxylic acids is 1. The van der Waals surface area contributed by atoms with Crippen LogP contribution in [-0.2, 0) is 0 Å². The Balaban J connectivity index is 2.20. The van der Waals surface area contributed by atoms with Crippen molar-refractivity contribution in [3.8, 4) is 0 Å². The summed E-state index contributed by atoms with van der Waals surface area (Å²) in [5.41, 5.74) is -0.204. The van der Waals surface area contributed by atoms with E-state index in [9.17, 15) is 14.0 Å². The van der Waals surface area contributed by atoms with Crippen LogP contribution in [0.4, 0.5) is 10.1 Å². The number of aromatic carboxylic acids is 1. The lowest BCUT2D eigenvalue weighted by Gasteiger charge is -2.04. The lowest BCUT2D eigenvalue weighted by Crippen LogP contribution is -2.12. The van der Waals surface area contributed by atoms with Crippen LogP contribution in [0.3, 0.4) is 0 Å². The third-order valence-corrected chi connectivity index (χ3v) is 2.46. The van der Waals surface area contributed by atoms with Gasteiger partial charge in [-0.25, -0.2) is 9.18 Å². The zero-order valence-corrected chi connectivity index (χ0v) is 9.94. The Morgan fingerprint density at radius 3 is 2.74 bits per heavy atom. The van der Waals surface area contributed by atoms with E-state index in [-0.39, 0.29) is 16.4 Å². The first kappa shape index (κ1) is 13.0.